The zero-order valence-corrected chi connectivity index (χ0v) is 14.2. The molecule has 0 aliphatic carbocycles. The lowest BCUT2D eigenvalue weighted by atomic mass is 10.1. The topological polar surface area (TPSA) is 50.2 Å². The highest BCUT2D eigenvalue weighted by atomic mass is 16.1. The third-order valence-electron chi connectivity index (χ3n) is 4.46. The smallest absolute Gasteiger partial charge is 0.224 e. The van der Waals surface area contributed by atoms with E-state index in [1.807, 2.05) is 24.6 Å². The van der Waals surface area contributed by atoms with Gasteiger partial charge in [0.25, 0.3) is 0 Å². The van der Waals surface area contributed by atoms with Crippen molar-refractivity contribution in [2.45, 2.75) is 59.0 Å². The highest BCUT2D eigenvalue weighted by Crippen LogP contribution is 2.10. The molecule has 1 aromatic heterocycles. The number of likely N-dealkylation sites (tertiary alicyclic amines) is 1. The molecule has 1 amide bonds. The molecule has 0 unspecified atom stereocenters. The minimum absolute atomic E-state index is 0.0421. The van der Waals surface area contributed by atoms with Gasteiger partial charge < -0.3 is 14.8 Å². The van der Waals surface area contributed by atoms with Crippen LogP contribution in [0.5, 0.6) is 0 Å². The third-order valence-corrected chi connectivity index (χ3v) is 4.46. The third kappa shape index (κ3) is 5.13. The van der Waals surface area contributed by atoms with Crippen molar-refractivity contribution in [1.29, 1.82) is 0 Å². The monoisotopic (exact) mass is 306 g/mol. The summed E-state index contributed by atoms with van der Waals surface area (Å²) in [5.74, 6) is 1.05. The van der Waals surface area contributed by atoms with Gasteiger partial charge in [-0.05, 0) is 39.8 Å². The van der Waals surface area contributed by atoms with E-state index in [4.69, 9.17) is 0 Å². The normalized spacial score (nSPS) is 19.4. The Morgan fingerprint density at radius 2 is 1.91 bits per heavy atom. The van der Waals surface area contributed by atoms with Crippen molar-refractivity contribution < 1.29 is 4.79 Å². The molecule has 1 aliphatic rings. The van der Waals surface area contributed by atoms with Gasteiger partial charge in [0.2, 0.25) is 5.91 Å². The number of hydrogen-bond donors (Lipinski definition) is 1. The number of aryl methyl sites for hydroxylation is 1. The number of nitrogens with one attached hydrogen (secondary N) is 1. The molecule has 1 fully saturated rings. The lowest BCUT2D eigenvalue weighted by Crippen LogP contribution is -2.44. The van der Waals surface area contributed by atoms with Gasteiger partial charge in [-0.1, -0.05) is 19.8 Å². The Morgan fingerprint density at radius 3 is 2.50 bits per heavy atom. The second kappa shape index (κ2) is 8.32. The van der Waals surface area contributed by atoms with Crippen molar-refractivity contribution in [2.24, 2.45) is 5.92 Å². The van der Waals surface area contributed by atoms with Gasteiger partial charge in [0.05, 0.1) is 5.92 Å². The van der Waals surface area contributed by atoms with Gasteiger partial charge >= 0.3 is 0 Å². The highest BCUT2D eigenvalue weighted by Gasteiger charge is 2.18. The van der Waals surface area contributed by atoms with Crippen LogP contribution < -0.4 is 5.32 Å². The minimum atomic E-state index is -0.0421. The minimum Gasteiger partial charge on any atom is -0.352 e. The van der Waals surface area contributed by atoms with E-state index in [9.17, 15) is 4.79 Å². The molecule has 5 nitrogen and oxygen atoms in total. The first-order valence-corrected chi connectivity index (χ1v) is 8.56. The molecule has 1 aliphatic heterocycles. The molecule has 1 saturated heterocycles. The van der Waals surface area contributed by atoms with Crippen LogP contribution in [-0.2, 0) is 11.3 Å². The molecule has 1 N–H and O–H groups in total. The molecule has 2 atom stereocenters. The van der Waals surface area contributed by atoms with Crippen molar-refractivity contribution in [3.63, 3.8) is 0 Å². The number of carbonyl (C=O) groups is 1. The maximum Gasteiger partial charge on any atom is 0.224 e. The first kappa shape index (κ1) is 17.0. The van der Waals surface area contributed by atoms with Crippen molar-refractivity contribution in [2.75, 3.05) is 19.6 Å². The Balaban J connectivity index is 1.76. The lowest BCUT2D eigenvalue weighted by Gasteiger charge is -2.25. The molecule has 0 saturated carbocycles. The van der Waals surface area contributed by atoms with E-state index in [2.05, 4.69) is 22.1 Å². The van der Waals surface area contributed by atoms with Gasteiger partial charge in [-0.15, -0.1) is 0 Å². The molecule has 0 aromatic carbocycles. The molecule has 0 radical (unpaired) electrons. The predicted octanol–water partition coefficient (Wildman–Crippen LogP) is 2.21. The lowest BCUT2D eigenvalue weighted by molar-refractivity contribution is -0.125. The molecule has 2 rings (SSSR count). The second-order valence-electron chi connectivity index (χ2n) is 6.65. The van der Waals surface area contributed by atoms with Crippen LogP contribution >= 0.6 is 0 Å². The highest BCUT2D eigenvalue weighted by molar-refractivity contribution is 5.78. The van der Waals surface area contributed by atoms with E-state index in [0.29, 0.717) is 6.54 Å². The molecule has 124 valence electrons. The van der Waals surface area contributed by atoms with Gasteiger partial charge in [0.15, 0.2) is 0 Å². The Labute approximate surface area is 134 Å². The average molecular weight is 306 g/mol. The summed E-state index contributed by atoms with van der Waals surface area (Å²) in [6, 6.07) is 0.205. The summed E-state index contributed by atoms with van der Waals surface area (Å²) in [4.78, 5) is 19.0. The number of hydrogen-bond acceptors (Lipinski definition) is 3. The summed E-state index contributed by atoms with van der Waals surface area (Å²) < 4.78 is 2.03. The number of imidazole rings is 1. The molecule has 0 bridgehead atoms. The first-order valence-electron chi connectivity index (χ1n) is 8.56. The Kier molecular flexibility index (Phi) is 6.43. The summed E-state index contributed by atoms with van der Waals surface area (Å²) in [6.45, 7) is 10.0. The van der Waals surface area contributed by atoms with Crippen LogP contribution in [0, 0.1) is 12.8 Å². The zero-order chi connectivity index (χ0) is 15.9. The summed E-state index contributed by atoms with van der Waals surface area (Å²) in [5, 5.41) is 3.16. The Bertz CT molecular complexity index is 463. The average Bonchev–Trinajstić information content (AvgIpc) is 2.73. The van der Waals surface area contributed by atoms with Crippen LogP contribution in [0.2, 0.25) is 0 Å². The zero-order valence-electron chi connectivity index (χ0n) is 14.2. The molecule has 0 spiro atoms. The van der Waals surface area contributed by atoms with E-state index in [1.165, 1.54) is 38.8 Å². The fourth-order valence-corrected chi connectivity index (χ4v) is 3.11. The Hall–Kier alpha value is -1.36. The van der Waals surface area contributed by atoms with E-state index in [-0.39, 0.29) is 17.9 Å². The molecular formula is C17H30N4O. The van der Waals surface area contributed by atoms with Crippen LogP contribution in [0.15, 0.2) is 12.4 Å². The van der Waals surface area contributed by atoms with Crippen molar-refractivity contribution >= 4 is 5.91 Å². The number of rotatable bonds is 6. The number of nitrogens with zero attached hydrogens (tertiary/aromatic N) is 3. The molecular weight excluding hydrogens is 276 g/mol. The van der Waals surface area contributed by atoms with Crippen molar-refractivity contribution in [3.8, 4) is 0 Å². The second-order valence-corrected chi connectivity index (χ2v) is 6.65. The summed E-state index contributed by atoms with van der Waals surface area (Å²) in [6.07, 6.45) is 8.98. The van der Waals surface area contributed by atoms with Gasteiger partial charge in [-0.2, -0.15) is 0 Å². The van der Waals surface area contributed by atoms with E-state index in [1.54, 1.807) is 6.20 Å². The summed E-state index contributed by atoms with van der Waals surface area (Å²) in [5.41, 5.74) is 0. The SMILES string of the molecule is Cc1nccn1C[C@H](C)C(=O)N[C@H](C)CN1CCCCCC1. The Morgan fingerprint density at radius 1 is 1.23 bits per heavy atom. The number of carbonyl (C=O) groups excluding carboxylic acids is 1. The summed E-state index contributed by atoms with van der Waals surface area (Å²) in [7, 11) is 0. The van der Waals surface area contributed by atoms with Gasteiger partial charge in [0, 0.05) is 31.5 Å². The molecule has 5 heteroatoms. The number of aromatic nitrogens is 2. The van der Waals surface area contributed by atoms with Crippen LogP contribution in [-0.4, -0.2) is 46.0 Å². The largest absolute Gasteiger partial charge is 0.352 e. The van der Waals surface area contributed by atoms with E-state index >= 15 is 0 Å². The van der Waals surface area contributed by atoms with Crippen LogP contribution in [0.25, 0.3) is 0 Å². The van der Waals surface area contributed by atoms with Crippen LogP contribution in [0.1, 0.15) is 45.4 Å². The van der Waals surface area contributed by atoms with Crippen LogP contribution in [0.4, 0.5) is 0 Å². The maximum atomic E-state index is 12.3. The fourth-order valence-electron chi connectivity index (χ4n) is 3.11. The maximum absolute atomic E-state index is 12.3. The van der Waals surface area contributed by atoms with E-state index < -0.39 is 0 Å². The molecule has 1 aromatic rings. The number of amides is 1. The molecule has 2 heterocycles. The summed E-state index contributed by atoms with van der Waals surface area (Å²) >= 11 is 0. The van der Waals surface area contributed by atoms with Gasteiger partial charge in [-0.25, -0.2) is 4.98 Å². The van der Waals surface area contributed by atoms with Gasteiger partial charge in [-0.3, -0.25) is 4.79 Å². The molecule has 22 heavy (non-hydrogen) atoms. The standard InChI is InChI=1S/C17H30N4O/c1-14(12-21-11-8-18-16(21)3)17(22)19-15(2)13-20-9-6-4-5-7-10-20/h8,11,14-15H,4-7,9-10,12-13H2,1-3H3,(H,19,22)/t14-,15+/m0/s1. The van der Waals surface area contributed by atoms with Crippen molar-refractivity contribution in [3.05, 3.63) is 18.2 Å². The predicted molar refractivity (Wildman–Crippen MR) is 88.6 cm³/mol. The van der Waals surface area contributed by atoms with Crippen LogP contribution in [0.3, 0.4) is 0 Å². The van der Waals surface area contributed by atoms with E-state index in [0.717, 1.165) is 12.4 Å². The fraction of sp³-hybridized carbons (Fsp3) is 0.765. The first-order chi connectivity index (χ1) is 10.6. The van der Waals surface area contributed by atoms with Gasteiger partial charge in [0.1, 0.15) is 5.82 Å². The quantitative estimate of drug-likeness (QED) is 0.876. The van der Waals surface area contributed by atoms with Crippen molar-refractivity contribution in [1.82, 2.24) is 19.8 Å².